The highest BCUT2D eigenvalue weighted by atomic mass is 16.5. The molecule has 7 heteroatoms. The van der Waals surface area contributed by atoms with E-state index >= 15 is 0 Å². The minimum Gasteiger partial charge on any atom is -0.495 e. The molecule has 7 nitrogen and oxygen atoms in total. The maximum absolute atomic E-state index is 11.4. The molecule has 0 unspecified atom stereocenters. The van der Waals surface area contributed by atoms with E-state index in [2.05, 4.69) is 6.92 Å². The Kier molecular flexibility index (Phi) is 8.30. The SMILES string of the molecule is CCCCOC(=O)c1ccc(N)cc1.COc1c(C(=O)O)ccc2c1CCC(C)(C)O2. The van der Waals surface area contributed by atoms with Crippen LogP contribution in [0.25, 0.3) is 0 Å². The van der Waals surface area contributed by atoms with E-state index in [4.69, 9.17) is 25.1 Å². The highest BCUT2D eigenvalue weighted by molar-refractivity contribution is 5.92. The summed E-state index contributed by atoms with van der Waals surface area (Å²) in [6.07, 6.45) is 3.54. The number of fused-ring (bicyclic) bond motifs is 1. The van der Waals surface area contributed by atoms with Gasteiger partial charge in [-0.15, -0.1) is 0 Å². The first kappa shape index (κ1) is 24.1. The Labute approximate surface area is 183 Å². The molecular weight excluding hydrogens is 398 g/mol. The average Bonchev–Trinajstić information content (AvgIpc) is 2.73. The normalized spacial score (nSPS) is 13.7. The quantitative estimate of drug-likeness (QED) is 0.388. The van der Waals surface area contributed by atoms with Gasteiger partial charge >= 0.3 is 11.9 Å². The van der Waals surface area contributed by atoms with E-state index in [1.807, 2.05) is 13.8 Å². The second-order valence-corrected chi connectivity index (χ2v) is 7.90. The molecule has 0 saturated heterocycles. The zero-order chi connectivity index (χ0) is 23.0. The van der Waals surface area contributed by atoms with Gasteiger partial charge in [-0.2, -0.15) is 0 Å². The number of carbonyl (C=O) groups excluding carboxylic acids is 1. The zero-order valence-electron chi connectivity index (χ0n) is 18.6. The highest BCUT2D eigenvalue weighted by Gasteiger charge is 2.30. The number of carbonyl (C=O) groups is 2. The molecule has 0 amide bonds. The minimum atomic E-state index is -0.977. The molecule has 0 spiro atoms. The van der Waals surface area contributed by atoms with E-state index in [0.717, 1.165) is 37.0 Å². The summed E-state index contributed by atoms with van der Waals surface area (Å²) in [5.41, 5.74) is 7.53. The van der Waals surface area contributed by atoms with Gasteiger partial charge in [-0.25, -0.2) is 9.59 Å². The van der Waals surface area contributed by atoms with Crippen LogP contribution in [0.3, 0.4) is 0 Å². The van der Waals surface area contributed by atoms with E-state index in [1.54, 1.807) is 30.3 Å². The van der Waals surface area contributed by atoms with Crippen molar-refractivity contribution in [2.45, 2.75) is 52.1 Å². The van der Waals surface area contributed by atoms with Crippen LogP contribution in [0.1, 0.15) is 66.3 Å². The zero-order valence-corrected chi connectivity index (χ0v) is 18.6. The van der Waals surface area contributed by atoms with Gasteiger partial charge in [-0.05, 0) is 69.5 Å². The van der Waals surface area contributed by atoms with Crippen molar-refractivity contribution in [3.05, 3.63) is 53.1 Å². The first-order chi connectivity index (χ1) is 14.7. The Hall–Kier alpha value is -3.22. The molecule has 0 bridgehead atoms. The summed E-state index contributed by atoms with van der Waals surface area (Å²) in [7, 11) is 1.49. The van der Waals surface area contributed by atoms with Crippen molar-refractivity contribution in [3.63, 3.8) is 0 Å². The molecule has 0 fully saturated rings. The summed E-state index contributed by atoms with van der Waals surface area (Å²) < 4.78 is 16.1. The smallest absolute Gasteiger partial charge is 0.339 e. The Morgan fingerprint density at radius 3 is 2.42 bits per heavy atom. The van der Waals surface area contributed by atoms with Crippen LogP contribution < -0.4 is 15.2 Å². The summed E-state index contributed by atoms with van der Waals surface area (Å²) in [5, 5.41) is 9.08. The van der Waals surface area contributed by atoms with E-state index in [1.165, 1.54) is 13.2 Å². The number of benzene rings is 2. The topological polar surface area (TPSA) is 108 Å². The summed E-state index contributed by atoms with van der Waals surface area (Å²) >= 11 is 0. The number of nitrogens with two attached hydrogens (primary N) is 1. The lowest BCUT2D eigenvalue weighted by Gasteiger charge is -2.33. The number of anilines is 1. The van der Waals surface area contributed by atoms with E-state index in [0.29, 0.717) is 23.6 Å². The molecule has 0 atom stereocenters. The number of hydrogen-bond donors (Lipinski definition) is 2. The van der Waals surface area contributed by atoms with E-state index < -0.39 is 5.97 Å². The van der Waals surface area contributed by atoms with Gasteiger partial charge < -0.3 is 25.1 Å². The van der Waals surface area contributed by atoms with Gasteiger partial charge in [0.1, 0.15) is 22.7 Å². The number of aromatic carboxylic acids is 1. The second-order valence-electron chi connectivity index (χ2n) is 7.90. The maximum Gasteiger partial charge on any atom is 0.339 e. The van der Waals surface area contributed by atoms with Crippen molar-refractivity contribution in [1.29, 1.82) is 0 Å². The molecule has 1 aliphatic heterocycles. The van der Waals surface area contributed by atoms with Crippen LogP contribution in [-0.4, -0.2) is 36.4 Å². The summed E-state index contributed by atoms with van der Waals surface area (Å²) in [6, 6.07) is 9.96. The number of nitrogen functional groups attached to an aromatic ring is 1. The third kappa shape index (κ3) is 6.64. The molecular formula is C24H31NO6. The third-order valence-electron chi connectivity index (χ3n) is 4.89. The van der Waals surface area contributed by atoms with Crippen LogP contribution in [0.2, 0.25) is 0 Å². The highest BCUT2D eigenvalue weighted by Crippen LogP contribution is 2.40. The number of carboxylic acids is 1. The molecule has 0 radical (unpaired) electrons. The van der Waals surface area contributed by atoms with Crippen molar-refractivity contribution < 1.29 is 28.9 Å². The molecule has 2 aromatic carbocycles. The molecule has 3 N–H and O–H groups in total. The standard InChI is InChI=1S/C13H16O4.C11H15NO2/c1-13(2)7-6-8-10(17-13)5-4-9(12(14)15)11(8)16-3;1-2-3-8-14-11(13)9-4-6-10(12)7-5-9/h4-5H,6-7H2,1-3H3,(H,14,15);4-7H,2-3,8,12H2,1H3. The third-order valence-corrected chi connectivity index (χ3v) is 4.89. The predicted octanol–water partition coefficient (Wildman–Crippen LogP) is 4.72. The van der Waals surface area contributed by atoms with Crippen molar-refractivity contribution in [2.24, 2.45) is 0 Å². The fourth-order valence-electron chi connectivity index (χ4n) is 3.13. The number of hydrogen-bond acceptors (Lipinski definition) is 6. The van der Waals surface area contributed by atoms with Crippen LogP contribution in [0.15, 0.2) is 36.4 Å². The second kappa shape index (κ2) is 10.7. The number of unbranched alkanes of at least 4 members (excludes halogenated alkanes) is 1. The van der Waals surface area contributed by atoms with Crippen molar-refractivity contribution in [3.8, 4) is 11.5 Å². The minimum absolute atomic E-state index is 0.189. The van der Waals surface area contributed by atoms with Crippen molar-refractivity contribution in [1.82, 2.24) is 0 Å². The summed E-state index contributed by atoms with van der Waals surface area (Å²) in [5.74, 6) is -0.110. The molecule has 0 saturated carbocycles. The molecule has 168 valence electrons. The lowest BCUT2D eigenvalue weighted by molar-refractivity contribution is 0.0499. The van der Waals surface area contributed by atoms with Crippen LogP contribution in [0.5, 0.6) is 11.5 Å². The van der Waals surface area contributed by atoms with Gasteiger partial charge in [-0.1, -0.05) is 13.3 Å². The van der Waals surface area contributed by atoms with Gasteiger partial charge in [-0.3, -0.25) is 0 Å². The molecule has 2 aromatic rings. The van der Waals surface area contributed by atoms with Crippen molar-refractivity contribution in [2.75, 3.05) is 19.5 Å². The first-order valence-corrected chi connectivity index (χ1v) is 10.3. The van der Waals surface area contributed by atoms with Gasteiger partial charge in [0.05, 0.1) is 19.3 Å². The van der Waals surface area contributed by atoms with Gasteiger partial charge in [0.2, 0.25) is 0 Å². The Balaban J connectivity index is 0.000000225. The molecule has 0 aromatic heterocycles. The monoisotopic (exact) mass is 429 g/mol. The average molecular weight is 430 g/mol. The van der Waals surface area contributed by atoms with E-state index in [-0.39, 0.29) is 17.1 Å². The lowest BCUT2D eigenvalue weighted by Crippen LogP contribution is -2.32. The Morgan fingerprint density at radius 1 is 1.16 bits per heavy atom. The summed E-state index contributed by atoms with van der Waals surface area (Å²) in [6.45, 7) is 6.58. The van der Waals surface area contributed by atoms with Crippen LogP contribution in [0, 0.1) is 0 Å². The Bertz CT molecular complexity index is 905. The fraction of sp³-hybridized carbons (Fsp3) is 0.417. The van der Waals surface area contributed by atoms with Gasteiger partial charge in [0.25, 0.3) is 0 Å². The van der Waals surface area contributed by atoms with Crippen LogP contribution >= 0.6 is 0 Å². The van der Waals surface area contributed by atoms with E-state index in [9.17, 15) is 9.59 Å². The number of rotatable bonds is 6. The van der Waals surface area contributed by atoms with Gasteiger partial charge in [0, 0.05) is 11.3 Å². The predicted molar refractivity (Wildman–Crippen MR) is 119 cm³/mol. The van der Waals surface area contributed by atoms with Crippen LogP contribution in [0.4, 0.5) is 5.69 Å². The first-order valence-electron chi connectivity index (χ1n) is 10.3. The maximum atomic E-state index is 11.4. The largest absolute Gasteiger partial charge is 0.495 e. The van der Waals surface area contributed by atoms with Crippen molar-refractivity contribution >= 4 is 17.6 Å². The Morgan fingerprint density at radius 2 is 1.84 bits per heavy atom. The number of carboxylic acid groups (broad SMARTS) is 1. The summed E-state index contributed by atoms with van der Waals surface area (Å²) in [4.78, 5) is 22.4. The molecule has 1 aliphatic rings. The number of ether oxygens (including phenoxy) is 3. The number of esters is 1. The van der Waals surface area contributed by atoms with Gasteiger partial charge in [0.15, 0.2) is 0 Å². The number of methoxy groups -OCH3 is 1. The lowest BCUT2D eigenvalue weighted by atomic mass is 9.92. The molecule has 31 heavy (non-hydrogen) atoms. The molecule has 1 heterocycles. The molecule has 0 aliphatic carbocycles. The van der Waals surface area contributed by atoms with Crippen LogP contribution in [-0.2, 0) is 11.2 Å². The molecule has 3 rings (SSSR count). The fourth-order valence-corrected chi connectivity index (χ4v) is 3.13.